The van der Waals surface area contributed by atoms with Gasteiger partial charge >= 0.3 is 5.97 Å². The van der Waals surface area contributed by atoms with Crippen LogP contribution in [0, 0.1) is 0 Å². The molecule has 170 valence electrons. The van der Waals surface area contributed by atoms with Gasteiger partial charge < -0.3 is 15.7 Å². The van der Waals surface area contributed by atoms with Crippen LogP contribution in [0.4, 0.5) is 5.69 Å². The lowest BCUT2D eigenvalue weighted by atomic mass is 9.63. The maximum atomic E-state index is 13.4. The summed E-state index contributed by atoms with van der Waals surface area (Å²) in [7, 11) is 0. The zero-order valence-corrected chi connectivity index (χ0v) is 19.2. The zero-order valence-electron chi connectivity index (χ0n) is 17.6. The quantitative estimate of drug-likeness (QED) is 0.644. The molecule has 2 atom stereocenters. The molecule has 0 radical (unpaired) electrons. The van der Waals surface area contributed by atoms with Crippen molar-refractivity contribution < 1.29 is 14.7 Å². The van der Waals surface area contributed by atoms with Crippen molar-refractivity contribution in [2.24, 2.45) is 5.73 Å². The molecule has 7 nitrogen and oxygen atoms in total. The number of Topliss-reactive ketones (excluding diaryl/α,β-unsaturated/α-hetero) is 1. The van der Waals surface area contributed by atoms with E-state index in [4.69, 9.17) is 5.73 Å². The number of piperazine rings is 1. The first kappa shape index (κ1) is 26.6. The third-order valence-corrected chi connectivity index (χ3v) is 6.55. The summed E-state index contributed by atoms with van der Waals surface area (Å²) in [6.07, 6.45) is 8.10. The first-order valence-electron chi connectivity index (χ1n) is 10.4. The van der Waals surface area contributed by atoms with E-state index >= 15 is 0 Å². The van der Waals surface area contributed by atoms with E-state index in [0.717, 1.165) is 44.5 Å². The van der Waals surface area contributed by atoms with Gasteiger partial charge in [-0.15, -0.1) is 24.8 Å². The van der Waals surface area contributed by atoms with Gasteiger partial charge in [0.05, 0.1) is 0 Å². The number of carbonyl (C=O) groups excluding carboxylic acids is 1. The summed E-state index contributed by atoms with van der Waals surface area (Å²) in [5.74, 6) is -1.04. The van der Waals surface area contributed by atoms with Gasteiger partial charge in [0.1, 0.15) is 11.1 Å². The number of unbranched alkanes of at least 4 members (excludes halogenated alkanes) is 1. The van der Waals surface area contributed by atoms with E-state index in [1.807, 2.05) is 19.1 Å². The standard InChI is InChI=1S/C21H32N4O3.2ClH/c1-2-3-6-18(26)21(10-5-4-9-20(21,22)19(27)28)25-15-13-24(14-16-25)17-7-11-23-12-8-17;;/h7-8,11-12H,2-6,9-10,13-16,22H2,1H3,(H,27,28);2*1H. The van der Waals surface area contributed by atoms with Crippen molar-refractivity contribution in [2.45, 2.75) is 62.9 Å². The average molecular weight is 461 g/mol. The Morgan fingerprint density at radius 2 is 1.70 bits per heavy atom. The highest BCUT2D eigenvalue weighted by atomic mass is 35.5. The molecule has 0 bridgehead atoms. The second-order valence-corrected chi connectivity index (χ2v) is 8.05. The van der Waals surface area contributed by atoms with Gasteiger partial charge in [0.25, 0.3) is 0 Å². The number of nitrogens with zero attached hydrogens (tertiary/aromatic N) is 3. The van der Waals surface area contributed by atoms with Crippen molar-refractivity contribution in [2.75, 3.05) is 31.1 Å². The summed E-state index contributed by atoms with van der Waals surface area (Å²) >= 11 is 0. The van der Waals surface area contributed by atoms with Crippen LogP contribution < -0.4 is 10.6 Å². The van der Waals surface area contributed by atoms with Crippen LogP contribution in [0.5, 0.6) is 0 Å². The molecule has 0 aromatic carbocycles. The van der Waals surface area contributed by atoms with Gasteiger partial charge in [-0.2, -0.15) is 0 Å². The normalized spacial score (nSPS) is 26.9. The fourth-order valence-corrected chi connectivity index (χ4v) is 4.95. The lowest BCUT2D eigenvalue weighted by molar-refractivity contribution is -0.162. The van der Waals surface area contributed by atoms with Crippen molar-refractivity contribution in [1.29, 1.82) is 0 Å². The number of ketones is 1. The Hall–Kier alpha value is -1.41. The molecule has 2 aliphatic rings. The third kappa shape index (κ3) is 4.74. The van der Waals surface area contributed by atoms with Gasteiger partial charge in [-0.05, 0) is 31.4 Å². The number of carboxylic acids is 1. The van der Waals surface area contributed by atoms with Crippen LogP contribution in [-0.4, -0.2) is 64.0 Å². The van der Waals surface area contributed by atoms with Crippen molar-refractivity contribution in [1.82, 2.24) is 9.88 Å². The first-order chi connectivity index (χ1) is 13.5. The van der Waals surface area contributed by atoms with E-state index in [2.05, 4.69) is 14.8 Å². The van der Waals surface area contributed by atoms with Crippen LogP contribution in [-0.2, 0) is 9.59 Å². The molecule has 2 unspecified atom stereocenters. The van der Waals surface area contributed by atoms with Gasteiger partial charge in [-0.1, -0.05) is 26.2 Å². The zero-order chi connectivity index (χ0) is 20.2. The Bertz CT molecular complexity index is 701. The highest BCUT2D eigenvalue weighted by Crippen LogP contribution is 2.43. The first-order valence-corrected chi connectivity index (χ1v) is 10.4. The van der Waals surface area contributed by atoms with Crippen LogP contribution in [0.3, 0.4) is 0 Å². The van der Waals surface area contributed by atoms with Gasteiger partial charge in [0.15, 0.2) is 5.78 Å². The maximum Gasteiger partial charge on any atom is 0.326 e. The predicted octanol–water partition coefficient (Wildman–Crippen LogP) is 2.90. The molecule has 1 aromatic heterocycles. The second-order valence-electron chi connectivity index (χ2n) is 8.05. The molecule has 3 rings (SSSR count). The summed E-state index contributed by atoms with van der Waals surface area (Å²) in [5, 5.41) is 10.0. The molecule has 1 aliphatic carbocycles. The van der Waals surface area contributed by atoms with Crippen LogP contribution in [0.1, 0.15) is 51.9 Å². The number of rotatable bonds is 7. The lowest BCUT2D eigenvalue weighted by Gasteiger charge is -2.55. The topological polar surface area (TPSA) is 99.8 Å². The number of nitrogens with two attached hydrogens (primary N) is 1. The maximum absolute atomic E-state index is 13.4. The molecule has 0 spiro atoms. The monoisotopic (exact) mass is 460 g/mol. The van der Waals surface area contributed by atoms with Crippen LogP contribution in [0.15, 0.2) is 24.5 Å². The van der Waals surface area contributed by atoms with Crippen molar-refractivity contribution >= 4 is 42.3 Å². The number of aromatic nitrogens is 1. The molecule has 1 aliphatic heterocycles. The Morgan fingerprint density at radius 3 is 2.27 bits per heavy atom. The number of carboxylic acid groups (broad SMARTS) is 1. The largest absolute Gasteiger partial charge is 0.480 e. The minimum absolute atomic E-state index is 0. The highest BCUT2D eigenvalue weighted by molar-refractivity contribution is 5.98. The Balaban J connectivity index is 0.00000225. The fraction of sp³-hybridized carbons (Fsp3) is 0.667. The van der Waals surface area contributed by atoms with Gasteiger partial charge in [-0.3, -0.25) is 19.5 Å². The van der Waals surface area contributed by atoms with Crippen molar-refractivity contribution in [3.63, 3.8) is 0 Å². The average Bonchev–Trinajstić information content (AvgIpc) is 2.73. The molecule has 1 saturated carbocycles. The van der Waals surface area contributed by atoms with E-state index in [0.29, 0.717) is 32.4 Å². The molecule has 2 fully saturated rings. The minimum Gasteiger partial charge on any atom is -0.480 e. The Kier molecular flexibility index (Phi) is 10.0. The number of anilines is 1. The number of hydrogen-bond donors (Lipinski definition) is 2. The predicted molar refractivity (Wildman–Crippen MR) is 123 cm³/mol. The van der Waals surface area contributed by atoms with Crippen LogP contribution >= 0.6 is 24.8 Å². The van der Waals surface area contributed by atoms with E-state index in [1.165, 1.54) is 0 Å². The van der Waals surface area contributed by atoms with Gasteiger partial charge in [0, 0.05) is 50.7 Å². The SMILES string of the molecule is CCCCC(=O)C1(N2CCN(c3ccncc3)CC2)CCCCC1(N)C(=O)O.Cl.Cl. The summed E-state index contributed by atoms with van der Waals surface area (Å²) in [5.41, 5.74) is 5.03. The van der Waals surface area contributed by atoms with E-state index in [9.17, 15) is 14.7 Å². The van der Waals surface area contributed by atoms with Crippen LogP contribution in [0.25, 0.3) is 0 Å². The summed E-state index contributed by atoms with van der Waals surface area (Å²) in [4.78, 5) is 34.1. The molecule has 2 heterocycles. The molecule has 0 amide bonds. The minimum atomic E-state index is -1.52. The highest BCUT2D eigenvalue weighted by Gasteiger charge is 2.62. The third-order valence-electron chi connectivity index (χ3n) is 6.55. The lowest BCUT2D eigenvalue weighted by Crippen LogP contribution is -2.78. The summed E-state index contributed by atoms with van der Waals surface area (Å²) in [6, 6.07) is 3.95. The molecule has 1 aromatic rings. The molecule has 30 heavy (non-hydrogen) atoms. The smallest absolute Gasteiger partial charge is 0.326 e. The number of carbonyl (C=O) groups is 2. The van der Waals surface area contributed by atoms with E-state index in [1.54, 1.807) is 12.4 Å². The molecule has 1 saturated heterocycles. The Morgan fingerprint density at radius 1 is 1.10 bits per heavy atom. The fourth-order valence-electron chi connectivity index (χ4n) is 4.95. The van der Waals surface area contributed by atoms with Crippen molar-refractivity contribution in [3.05, 3.63) is 24.5 Å². The number of halogens is 2. The number of hydrogen-bond acceptors (Lipinski definition) is 6. The van der Waals surface area contributed by atoms with E-state index < -0.39 is 17.0 Å². The van der Waals surface area contributed by atoms with Crippen molar-refractivity contribution in [3.8, 4) is 0 Å². The number of aliphatic carboxylic acids is 1. The van der Waals surface area contributed by atoms with Gasteiger partial charge in [0.2, 0.25) is 0 Å². The summed E-state index contributed by atoms with van der Waals surface area (Å²) in [6.45, 7) is 4.78. The second kappa shape index (κ2) is 11.3. The molecule has 3 N–H and O–H groups in total. The Labute approximate surface area is 191 Å². The van der Waals surface area contributed by atoms with E-state index in [-0.39, 0.29) is 30.6 Å². The molecular weight excluding hydrogens is 427 g/mol. The molecule has 9 heteroatoms. The summed E-state index contributed by atoms with van der Waals surface area (Å²) < 4.78 is 0. The van der Waals surface area contributed by atoms with Gasteiger partial charge in [-0.25, -0.2) is 0 Å². The molecular formula is C21H34Cl2N4O3. The number of pyridine rings is 1. The van der Waals surface area contributed by atoms with Crippen LogP contribution in [0.2, 0.25) is 0 Å².